The molecule has 1 N–H and O–H groups in total. The average Bonchev–Trinajstić information content (AvgIpc) is 2.24. The van der Waals surface area contributed by atoms with Crippen LogP contribution in [0.2, 0.25) is 0 Å². The zero-order valence-electron chi connectivity index (χ0n) is 8.83. The molecule has 1 atom stereocenters. The van der Waals surface area contributed by atoms with E-state index in [1.807, 2.05) is 13.0 Å². The fourth-order valence-corrected chi connectivity index (χ4v) is 1.87. The van der Waals surface area contributed by atoms with Gasteiger partial charge in [0, 0.05) is 35.4 Å². The van der Waals surface area contributed by atoms with E-state index in [0.717, 1.165) is 5.56 Å². The highest BCUT2D eigenvalue weighted by molar-refractivity contribution is 7.84. The number of rotatable bonds is 6. The molecule has 0 bridgehead atoms. The summed E-state index contributed by atoms with van der Waals surface area (Å²) in [6.07, 6.45) is 0. The van der Waals surface area contributed by atoms with Crippen LogP contribution >= 0.6 is 0 Å². The van der Waals surface area contributed by atoms with E-state index < -0.39 is 10.8 Å². The Morgan fingerprint density at radius 1 is 1.47 bits per heavy atom. The molecule has 0 spiro atoms. The quantitative estimate of drug-likeness (QED) is 0.752. The van der Waals surface area contributed by atoms with Gasteiger partial charge in [0.2, 0.25) is 0 Å². The molecule has 0 aliphatic rings. The van der Waals surface area contributed by atoms with Gasteiger partial charge in [-0.25, -0.2) is 4.39 Å². The lowest BCUT2D eigenvalue weighted by Crippen LogP contribution is -2.20. The molecule has 0 heterocycles. The maximum absolute atomic E-state index is 12.8. The van der Waals surface area contributed by atoms with Gasteiger partial charge in [-0.3, -0.25) is 4.21 Å². The summed E-state index contributed by atoms with van der Waals surface area (Å²) in [6, 6.07) is 6.49. The summed E-state index contributed by atoms with van der Waals surface area (Å²) in [5.41, 5.74) is 0.914. The summed E-state index contributed by atoms with van der Waals surface area (Å²) in [4.78, 5) is 0. The van der Waals surface area contributed by atoms with Gasteiger partial charge in [0.15, 0.2) is 0 Å². The van der Waals surface area contributed by atoms with Crippen molar-refractivity contribution >= 4 is 10.8 Å². The molecule has 0 aliphatic carbocycles. The van der Waals surface area contributed by atoms with Gasteiger partial charge in [0.05, 0.1) is 0 Å². The van der Waals surface area contributed by atoms with Gasteiger partial charge < -0.3 is 5.32 Å². The highest BCUT2D eigenvalue weighted by atomic mass is 32.2. The van der Waals surface area contributed by atoms with Crippen LogP contribution in [-0.2, 0) is 17.3 Å². The molecule has 0 amide bonds. The maximum Gasteiger partial charge on any atom is 0.123 e. The van der Waals surface area contributed by atoms with Crippen molar-refractivity contribution in [2.45, 2.75) is 13.5 Å². The number of halogens is 1. The second-order valence-corrected chi connectivity index (χ2v) is 5.10. The predicted octanol–water partition coefficient (Wildman–Crippen LogP) is 1.68. The van der Waals surface area contributed by atoms with Gasteiger partial charge in [-0.05, 0) is 17.7 Å². The van der Waals surface area contributed by atoms with E-state index in [2.05, 4.69) is 5.32 Å². The molecule has 84 valence electrons. The summed E-state index contributed by atoms with van der Waals surface area (Å²) in [6.45, 7) is 3.23. The van der Waals surface area contributed by atoms with Crippen LogP contribution in [-0.4, -0.2) is 22.3 Å². The third-order valence-corrected chi connectivity index (χ3v) is 3.35. The molecule has 0 aliphatic heterocycles. The minimum absolute atomic E-state index is 0.216. The first-order valence-corrected chi connectivity index (χ1v) is 6.51. The van der Waals surface area contributed by atoms with Crippen molar-refractivity contribution in [1.29, 1.82) is 0 Å². The zero-order chi connectivity index (χ0) is 11.1. The summed E-state index contributed by atoms with van der Waals surface area (Å²) in [5, 5.41) is 3.13. The first-order valence-electron chi connectivity index (χ1n) is 5.02. The lowest BCUT2D eigenvalue weighted by atomic mass is 10.2. The van der Waals surface area contributed by atoms with Crippen molar-refractivity contribution in [3.05, 3.63) is 35.6 Å². The van der Waals surface area contributed by atoms with Gasteiger partial charge in [-0.1, -0.05) is 19.1 Å². The molecule has 4 heteroatoms. The molecular formula is C11H16FNOS. The number of benzene rings is 1. The lowest BCUT2D eigenvalue weighted by Gasteiger charge is -2.04. The molecule has 1 aromatic rings. The Morgan fingerprint density at radius 2 is 2.27 bits per heavy atom. The van der Waals surface area contributed by atoms with E-state index in [-0.39, 0.29) is 5.82 Å². The topological polar surface area (TPSA) is 29.1 Å². The molecule has 2 nitrogen and oxygen atoms in total. The van der Waals surface area contributed by atoms with Crippen LogP contribution in [0.15, 0.2) is 24.3 Å². The Morgan fingerprint density at radius 3 is 2.93 bits per heavy atom. The van der Waals surface area contributed by atoms with Crippen LogP contribution in [0.4, 0.5) is 4.39 Å². The Bertz CT molecular complexity index is 330. The van der Waals surface area contributed by atoms with Gasteiger partial charge in [-0.2, -0.15) is 0 Å². The summed E-state index contributed by atoms with van der Waals surface area (Å²) in [5.74, 6) is 1.14. The molecule has 0 radical (unpaired) electrons. The van der Waals surface area contributed by atoms with E-state index in [1.165, 1.54) is 12.1 Å². The van der Waals surface area contributed by atoms with Crippen molar-refractivity contribution < 1.29 is 8.60 Å². The Hall–Kier alpha value is -0.740. The SMILES string of the molecule is CCS(=O)CCNCc1cccc(F)c1. The van der Waals surface area contributed by atoms with E-state index >= 15 is 0 Å². The Kier molecular flexibility index (Phi) is 5.50. The van der Waals surface area contributed by atoms with Crippen LogP contribution in [0, 0.1) is 5.82 Å². The van der Waals surface area contributed by atoms with Gasteiger partial charge >= 0.3 is 0 Å². The van der Waals surface area contributed by atoms with E-state index in [0.29, 0.717) is 24.6 Å². The number of nitrogens with one attached hydrogen (secondary N) is 1. The second kappa shape index (κ2) is 6.69. The minimum Gasteiger partial charge on any atom is -0.312 e. The zero-order valence-corrected chi connectivity index (χ0v) is 9.65. The number of hydrogen-bond donors (Lipinski definition) is 1. The Labute approximate surface area is 92.3 Å². The van der Waals surface area contributed by atoms with Gasteiger partial charge in [0.25, 0.3) is 0 Å². The average molecular weight is 229 g/mol. The Balaban J connectivity index is 2.23. The number of hydrogen-bond acceptors (Lipinski definition) is 2. The van der Waals surface area contributed by atoms with Crippen molar-refractivity contribution in [2.24, 2.45) is 0 Å². The van der Waals surface area contributed by atoms with E-state index in [1.54, 1.807) is 6.07 Å². The molecule has 0 saturated carbocycles. The summed E-state index contributed by atoms with van der Waals surface area (Å²) >= 11 is 0. The fraction of sp³-hybridized carbons (Fsp3) is 0.455. The highest BCUT2D eigenvalue weighted by Crippen LogP contribution is 2.02. The largest absolute Gasteiger partial charge is 0.312 e. The van der Waals surface area contributed by atoms with Crippen molar-refractivity contribution in [1.82, 2.24) is 5.32 Å². The molecular weight excluding hydrogens is 213 g/mol. The first kappa shape index (κ1) is 12.3. The summed E-state index contributed by atoms with van der Waals surface area (Å²) in [7, 11) is -0.726. The standard InChI is InChI=1S/C11H16FNOS/c1-2-15(14)7-6-13-9-10-4-3-5-11(12)8-10/h3-5,8,13H,2,6-7,9H2,1H3. The van der Waals surface area contributed by atoms with Crippen LogP contribution in [0.3, 0.4) is 0 Å². The van der Waals surface area contributed by atoms with E-state index in [4.69, 9.17) is 0 Å². The molecule has 1 unspecified atom stereocenters. The molecule has 1 rings (SSSR count). The smallest absolute Gasteiger partial charge is 0.123 e. The lowest BCUT2D eigenvalue weighted by molar-refractivity contribution is 0.621. The third kappa shape index (κ3) is 5.04. The molecule has 0 saturated heterocycles. The van der Waals surface area contributed by atoms with Crippen molar-refractivity contribution in [3.8, 4) is 0 Å². The van der Waals surface area contributed by atoms with Crippen LogP contribution in [0.5, 0.6) is 0 Å². The molecule has 1 aromatic carbocycles. The normalized spacial score (nSPS) is 12.7. The van der Waals surface area contributed by atoms with E-state index in [9.17, 15) is 8.60 Å². The molecule has 0 aromatic heterocycles. The van der Waals surface area contributed by atoms with Crippen molar-refractivity contribution in [3.63, 3.8) is 0 Å². The maximum atomic E-state index is 12.8. The van der Waals surface area contributed by atoms with Crippen LogP contribution in [0.1, 0.15) is 12.5 Å². The monoisotopic (exact) mass is 229 g/mol. The first-order chi connectivity index (χ1) is 7.22. The fourth-order valence-electron chi connectivity index (χ4n) is 1.21. The highest BCUT2D eigenvalue weighted by Gasteiger charge is 1.97. The van der Waals surface area contributed by atoms with Gasteiger partial charge in [-0.15, -0.1) is 0 Å². The van der Waals surface area contributed by atoms with Crippen molar-refractivity contribution in [2.75, 3.05) is 18.1 Å². The second-order valence-electron chi connectivity index (χ2n) is 3.24. The molecule has 15 heavy (non-hydrogen) atoms. The van der Waals surface area contributed by atoms with Crippen LogP contribution < -0.4 is 5.32 Å². The van der Waals surface area contributed by atoms with Gasteiger partial charge in [0.1, 0.15) is 5.82 Å². The molecule has 0 fully saturated rings. The summed E-state index contributed by atoms with van der Waals surface area (Å²) < 4.78 is 23.9. The third-order valence-electron chi connectivity index (χ3n) is 2.05. The van der Waals surface area contributed by atoms with Crippen LogP contribution in [0.25, 0.3) is 0 Å². The predicted molar refractivity (Wildman–Crippen MR) is 61.7 cm³/mol. The minimum atomic E-state index is -0.726.